The van der Waals surface area contributed by atoms with Gasteiger partial charge in [0.15, 0.2) is 0 Å². The van der Waals surface area contributed by atoms with Gasteiger partial charge in [0, 0.05) is 30.6 Å². The van der Waals surface area contributed by atoms with E-state index >= 15 is 4.39 Å². The van der Waals surface area contributed by atoms with E-state index in [9.17, 15) is 24.3 Å². The van der Waals surface area contributed by atoms with Crippen molar-refractivity contribution in [2.24, 2.45) is 0 Å². The summed E-state index contributed by atoms with van der Waals surface area (Å²) in [5.74, 6) is -1.54. The summed E-state index contributed by atoms with van der Waals surface area (Å²) in [5.41, 5.74) is 0.623. The van der Waals surface area contributed by atoms with E-state index in [1.807, 2.05) is 0 Å². The minimum absolute atomic E-state index is 0.129. The average Bonchev–Trinajstić information content (AvgIpc) is 3.34. The molecule has 1 saturated heterocycles. The van der Waals surface area contributed by atoms with Crippen molar-refractivity contribution in [3.8, 4) is 28.3 Å². The van der Waals surface area contributed by atoms with Crippen molar-refractivity contribution >= 4 is 12.0 Å². The Morgan fingerprint density at radius 3 is 2.33 bits per heavy atom. The third kappa shape index (κ3) is 7.51. The molecule has 2 amide bonds. The number of nitrogens with zero attached hydrogens (tertiary/aromatic N) is 2. The average molecular weight is 576 g/mol. The van der Waals surface area contributed by atoms with Gasteiger partial charge in [-0.2, -0.15) is 5.26 Å². The first-order valence-electron chi connectivity index (χ1n) is 13.8. The molecule has 0 aliphatic carbocycles. The van der Waals surface area contributed by atoms with Crippen molar-refractivity contribution in [3.05, 3.63) is 82.9 Å². The molecule has 1 unspecified atom stereocenters. The van der Waals surface area contributed by atoms with Gasteiger partial charge in [0.25, 0.3) is 5.91 Å². The monoisotopic (exact) mass is 575 g/mol. The first kappa shape index (κ1) is 30.7. The minimum Gasteiger partial charge on any atom is -0.444 e. The van der Waals surface area contributed by atoms with E-state index in [1.165, 1.54) is 18.2 Å². The molecule has 0 radical (unpaired) electrons. The Morgan fingerprint density at radius 1 is 1.00 bits per heavy atom. The number of nitrogens with one attached hydrogen (secondary N) is 1. The molecule has 0 saturated carbocycles. The van der Waals surface area contributed by atoms with Crippen molar-refractivity contribution in [2.45, 2.75) is 64.7 Å². The van der Waals surface area contributed by atoms with Gasteiger partial charge in [0.1, 0.15) is 23.3 Å². The molecule has 3 aromatic carbocycles. The Bertz CT molecular complexity index is 1550. The molecule has 1 atom stereocenters. The lowest BCUT2D eigenvalue weighted by Crippen LogP contribution is -2.41. The fourth-order valence-corrected chi connectivity index (χ4v) is 5.03. The van der Waals surface area contributed by atoms with Gasteiger partial charge in [0.05, 0.1) is 17.2 Å². The van der Waals surface area contributed by atoms with E-state index in [0.717, 1.165) is 0 Å². The van der Waals surface area contributed by atoms with Crippen LogP contribution in [0.5, 0.6) is 0 Å². The molecule has 1 fully saturated rings. The van der Waals surface area contributed by atoms with Crippen LogP contribution in [0.3, 0.4) is 0 Å². The summed E-state index contributed by atoms with van der Waals surface area (Å²) >= 11 is 0. The fraction of sp³-hybridized carbons (Fsp3) is 0.364. The molecule has 2 N–H and O–H groups in total. The number of aliphatic hydroxyl groups is 1. The van der Waals surface area contributed by atoms with E-state index < -0.39 is 28.9 Å². The molecule has 0 spiro atoms. The van der Waals surface area contributed by atoms with Crippen molar-refractivity contribution in [2.75, 3.05) is 13.1 Å². The standard InChI is InChI=1S/C33H35F2N3O4/c1-32(2,3)42-31(40)37-24-12-13-38(19-24)30(39)22-9-11-25(26-10-6-20(14-29(26)35)17-33(4,5)41)27(15-22)21-7-8-23(18-36)28(34)16-21/h6-11,14-16,24,41H,12-13,17,19H2,1-5H3,(H,37,40). The molecule has 1 aliphatic heterocycles. The quantitative estimate of drug-likeness (QED) is 0.363. The van der Waals surface area contributed by atoms with Crippen LogP contribution in [0, 0.1) is 23.0 Å². The molecule has 4 rings (SSSR count). The number of likely N-dealkylation sites (tertiary alicyclic amines) is 1. The predicted molar refractivity (Wildman–Crippen MR) is 156 cm³/mol. The number of halogens is 2. The van der Waals surface area contributed by atoms with Gasteiger partial charge in [-0.3, -0.25) is 4.79 Å². The van der Waals surface area contributed by atoms with Crippen molar-refractivity contribution in [1.29, 1.82) is 5.26 Å². The molecular weight excluding hydrogens is 540 g/mol. The topological polar surface area (TPSA) is 103 Å². The minimum atomic E-state index is -1.02. The maximum Gasteiger partial charge on any atom is 0.407 e. The highest BCUT2D eigenvalue weighted by Crippen LogP contribution is 2.36. The molecule has 3 aromatic rings. The predicted octanol–water partition coefficient (Wildman–Crippen LogP) is 6.22. The summed E-state index contributed by atoms with van der Waals surface area (Å²) in [5, 5.41) is 22.1. The van der Waals surface area contributed by atoms with Gasteiger partial charge in [-0.25, -0.2) is 13.6 Å². The van der Waals surface area contributed by atoms with Crippen LogP contribution in [0.4, 0.5) is 13.6 Å². The number of ether oxygens (including phenoxy) is 1. The van der Waals surface area contributed by atoms with E-state index in [0.29, 0.717) is 40.8 Å². The lowest BCUT2D eigenvalue weighted by molar-refractivity contribution is 0.0502. The summed E-state index contributed by atoms with van der Waals surface area (Å²) in [6.07, 6.45) is 0.260. The lowest BCUT2D eigenvalue weighted by Gasteiger charge is -2.22. The van der Waals surface area contributed by atoms with Crippen LogP contribution < -0.4 is 5.32 Å². The number of nitriles is 1. The first-order chi connectivity index (χ1) is 19.6. The SMILES string of the molecule is CC(C)(O)Cc1ccc(-c2ccc(C(=O)N3CCC(NC(=O)OC(C)(C)C)C3)cc2-c2ccc(C#N)c(F)c2)c(F)c1. The zero-order valence-corrected chi connectivity index (χ0v) is 24.4. The van der Waals surface area contributed by atoms with Crippen molar-refractivity contribution < 1.29 is 28.2 Å². The van der Waals surface area contributed by atoms with Crippen LogP contribution in [0.15, 0.2) is 54.6 Å². The molecule has 42 heavy (non-hydrogen) atoms. The van der Waals surface area contributed by atoms with Crippen LogP contribution in [0.1, 0.15) is 62.5 Å². The molecule has 0 bridgehead atoms. The van der Waals surface area contributed by atoms with Crippen LogP contribution in [-0.4, -0.2) is 52.3 Å². The number of alkyl carbamates (subject to hydrolysis) is 1. The van der Waals surface area contributed by atoms with Gasteiger partial charge < -0.3 is 20.1 Å². The van der Waals surface area contributed by atoms with Crippen LogP contribution >= 0.6 is 0 Å². The van der Waals surface area contributed by atoms with Gasteiger partial charge in [0.2, 0.25) is 0 Å². The summed E-state index contributed by atoms with van der Waals surface area (Å²) in [6.45, 7) is 9.30. The summed E-state index contributed by atoms with van der Waals surface area (Å²) in [6, 6.07) is 15.1. The molecule has 0 aromatic heterocycles. The maximum absolute atomic E-state index is 15.4. The summed E-state index contributed by atoms with van der Waals surface area (Å²) in [4.78, 5) is 27.3. The number of rotatable bonds is 6. The van der Waals surface area contributed by atoms with Crippen molar-refractivity contribution in [3.63, 3.8) is 0 Å². The second-order valence-electron chi connectivity index (χ2n) is 12.3. The van der Waals surface area contributed by atoms with Gasteiger partial charge >= 0.3 is 6.09 Å². The number of hydrogen-bond acceptors (Lipinski definition) is 5. The number of amides is 2. The Labute approximate surface area is 244 Å². The highest BCUT2D eigenvalue weighted by Gasteiger charge is 2.30. The van der Waals surface area contributed by atoms with Crippen molar-refractivity contribution in [1.82, 2.24) is 10.2 Å². The van der Waals surface area contributed by atoms with Crippen LogP contribution in [0.25, 0.3) is 22.3 Å². The Hall–Kier alpha value is -4.29. The normalized spacial score (nSPS) is 15.3. The van der Waals surface area contributed by atoms with Crippen LogP contribution in [-0.2, 0) is 11.2 Å². The third-order valence-electron chi connectivity index (χ3n) is 6.82. The van der Waals surface area contributed by atoms with Gasteiger partial charge in [-0.05, 0) is 93.6 Å². The van der Waals surface area contributed by atoms with E-state index in [2.05, 4.69) is 5.32 Å². The number of carbonyl (C=O) groups excluding carboxylic acids is 2. The summed E-state index contributed by atoms with van der Waals surface area (Å²) in [7, 11) is 0. The fourth-order valence-electron chi connectivity index (χ4n) is 5.03. The molecule has 1 aliphatic rings. The number of benzene rings is 3. The second kappa shape index (κ2) is 11.9. The lowest BCUT2D eigenvalue weighted by atomic mass is 9.90. The number of carbonyl (C=O) groups is 2. The molecular formula is C33H35F2N3O4. The smallest absolute Gasteiger partial charge is 0.407 e. The largest absolute Gasteiger partial charge is 0.444 e. The maximum atomic E-state index is 15.4. The molecule has 9 heteroatoms. The third-order valence-corrected chi connectivity index (χ3v) is 6.82. The zero-order chi connectivity index (χ0) is 30.8. The Kier molecular flexibility index (Phi) is 8.69. The number of hydrogen-bond donors (Lipinski definition) is 2. The summed E-state index contributed by atoms with van der Waals surface area (Å²) < 4.78 is 35.4. The van der Waals surface area contributed by atoms with E-state index in [-0.39, 0.29) is 36.0 Å². The Balaban J connectivity index is 1.67. The molecule has 7 nitrogen and oxygen atoms in total. The van der Waals surface area contributed by atoms with Gasteiger partial charge in [-0.15, -0.1) is 0 Å². The van der Waals surface area contributed by atoms with E-state index in [4.69, 9.17) is 4.74 Å². The first-order valence-corrected chi connectivity index (χ1v) is 13.8. The molecule has 1 heterocycles. The highest BCUT2D eigenvalue weighted by molar-refractivity contribution is 5.98. The van der Waals surface area contributed by atoms with Gasteiger partial charge in [-0.1, -0.05) is 24.3 Å². The second-order valence-corrected chi connectivity index (χ2v) is 12.3. The highest BCUT2D eigenvalue weighted by atomic mass is 19.1. The molecule has 220 valence electrons. The van der Waals surface area contributed by atoms with Crippen LogP contribution in [0.2, 0.25) is 0 Å². The Morgan fingerprint density at radius 2 is 1.71 bits per heavy atom. The van der Waals surface area contributed by atoms with E-state index in [1.54, 1.807) is 82.0 Å². The zero-order valence-electron chi connectivity index (χ0n) is 24.4.